The quantitative estimate of drug-likeness (QED) is 0.759. The third-order valence-corrected chi connectivity index (χ3v) is 3.07. The number of hydrogen-bond acceptors (Lipinski definition) is 1. The molecule has 0 radical (unpaired) electrons. The maximum Gasteiger partial charge on any atom is 0.270 e. The van der Waals surface area contributed by atoms with Gasteiger partial charge in [0, 0.05) is 24.2 Å². The maximum atomic E-state index is 13.4. The monoisotopic (exact) mass is 261 g/mol. The summed E-state index contributed by atoms with van der Waals surface area (Å²) in [6, 6.07) is 10.3. The lowest BCUT2D eigenvalue weighted by molar-refractivity contribution is 0.0175. The standard InChI is InChI=1S/C16H17F2N/c1-11(2)15-14(8-5-9-19-15)12-6-4-7-13(10-12)16(3,17)18/h4-11H,1-3H3. The van der Waals surface area contributed by atoms with Gasteiger partial charge >= 0.3 is 0 Å². The maximum absolute atomic E-state index is 13.4. The van der Waals surface area contributed by atoms with Crippen molar-refractivity contribution in [2.75, 3.05) is 0 Å². The molecule has 19 heavy (non-hydrogen) atoms. The summed E-state index contributed by atoms with van der Waals surface area (Å²) in [5.74, 6) is -2.57. The van der Waals surface area contributed by atoms with E-state index in [0.29, 0.717) is 0 Å². The molecule has 0 fully saturated rings. The second-order valence-electron chi connectivity index (χ2n) is 5.06. The minimum atomic E-state index is -2.82. The molecule has 3 heteroatoms. The Morgan fingerprint density at radius 1 is 1.11 bits per heavy atom. The van der Waals surface area contributed by atoms with Crippen molar-refractivity contribution in [3.8, 4) is 11.1 Å². The normalized spacial score (nSPS) is 11.9. The average molecular weight is 261 g/mol. The molecular formula is C16H17F2N. The van der Waals surface area contributed by atoms with Gasteiger partial charge in [0.25, 0.3) is 5.92 Å². The van der Waals surface area contributed by atoms with E-state index in [9.17, 15) is 8.78 Å². The van der Waals surface area contributed by atoms with E-state index < -0.39 is 5.92 Å². The van der Waals surface area contributed by atoms with Crippen LogP contribution in [0.25, 0.3) is 11.1 Å². The van der Waals surface area contributed by atoms with E-state index in [1.165, 1.54) is 6.07 Å². The van der Waals surface area contributed by atoms with Crippen LogP contribution in [0.5, 0.6) is 0 Å². The van der Waals surface area contributed by atoms with Crippen LogP contribution in [-0.2, 0) is 5.92 Å². The van der Waals surface area contributed by atoms with Crippen LogP contribution in [0.3, 0.4) is 0 Å². The summed E-state index contributed by atoms with van der Waals surface area (Å²) in [6.07, 6.45) is 1.73. The summed E-state index contributed by atoms with van der Waals surface area (Å²) in [7, 11) is 0. The largest absolute Gasteiger partial charge is 0.270 e. The van der Waals surface area contributed by atoms with E-state index in [4.69, 9.17) is 0 Å². The Kier molecular flexibility index (Phi) is 3.65. The molecule has 1 heterocycles. The van der Waals surface area contributed by atoms with E-state index in [2.05, 4.69) is 4.98 Å². The van der Waals surface area contributed by atoms with Crippen LogP contribution < -0.4 is 0 Å². The SMILES string of the molecule is CC(C)c1ncccc1-c1cccc(C(C)(F)F)c1. The number of aromatic nitrogens is 1. The number of halogens is 2. The highest BCUT2D eigenvalue weighted by Gasteiger charge is 2.24. The Balaban J connectivity index is 2.54. The lowest BCUT2D eigenvalue weighted by atomic mass is 9.95. The number of rotatable bonds is 3. The van der Waals surface area contributed by atoms with Gasteiger partial charge in [-0.1, -0.05) is 38.1 Å². The van der Waals surface area contributed by atoms with E-state index in [-0.39, 0.29) is 11.5 Å². The van der Waals surface area contributed by atoms with Crippen molar-refractivity contribution in [3.63, 3.8) is 0 Å². The number of nitrogens with zero attached hydrogens (tertiary/aromatic N) is 1. The fourth-order valence-corrected chi connectivity index (χ4v) is 2.08. The molecule has 2 rings (SSSR count). The van der Waals surface area contributed by atoms with Gasteiger partial charge in [0.2, 0.25) is 0 Å². The van der Waals surface area contributed by atoms with Gasteiger partial charge in [-0.2, -0.15) is 0 Å². The fourth-order valence-electron chi connectivity index (χ4n) is 2.08. The Morgan fingerprint density at radius 3 is 2.47 bits per heavy atom. The first-order valence-corrected chi connectivity index (χ1v) is 6.33. The van der Waals surface area contributed by atoms with Crippen molar-refractivity contribution in [1.82, 2.24) is 4.98 Å². The molecule has 0 aliphatic rings. The van der Waals surface area contributed by atoms with Gasteiger partial charge in [-0.3, -0.25) is 4.98 Å². The Hall–Kier alpha value is -1.77. The molecule has 0 bridgehead atoms. The van der Waals surface area contributed by atoms with E-state index in [1.807, 2.05) is 32.0 Å². The number of pyridine rings is 1. The van der Waals surface area contributed by atoms with Gasteiger partial charge in [0.15, 0.2) is 0 Å². The second kappa shape index (κ2) is 5.08. The van der Waals surface area contributed by atoms with Crippen LogP contribution >= 0.6 is 0 Å². The molecule has 0 atom stereocenters. The van der Waals surface area contributed by atoms with Crippen LogP contribution in [0.4, 0.5) is 8.78 Å². The van der Waals surface area contributed by atoms with Crippen molar-refractivity contribution < 1.29 is 8.78 Å². The molecule has 0 saturated carbocycles. The first-order valence-electron chi connectivity index (χ1n) is 6.33. The summed E-state index contributed by atoms with van der Waals surface area (Å²) in [6.45, 7) is 5.01. The molecule has 1 aromatic heterocycles. The molecule has 100 valence electrons. The van der Waals surface area contributed by atoms with E-state index in [0.717, 1.165) is 23.7 Å². The van der Waals surface area contributed by atoms with Crippen molar-refractivity contribution >= 4 is 0 Å². The molecule has 0 saturated heterocycles. The third-order valence-electron chi connectivity index (χ3n) is 3.07. The highest BCUT2D eigenvalue weighted by atomic mass is 19.3. The Bertz CT molecular complexity index is 571. The van der Waals surface area contributed by atoms with Crippen LogP contribution in [-0.4, -0.2) is 4.98 Å². The zero-order valence-corrected chi connectivity index (χ0v) is 11.3. The van der Waals surface area contributed by atoms with Crippen LogP contribution in [0.15, 0.2) is 42.6 Å². The predicted molar refractivity (Wildman–Crippen MR) is 73.3 cm³/mol. The lowest BCUT2D eigenvalue weighted by Crippen LogP contribution is -2.07. The summed E-state index contributed by atoms with van der Waals surface area (Å²) >= 11 is 0. The zero-order chi connectivity index (χ0) is 14.0. The first-order chi connectivity index (χ1) is 8.89. The number of hydrogen-bond donors (Lipinski definition) is 0. The number of alkyl halides is 2. The highest BCUT2D eigenvalue weighted by molar-refractivity contribution is 5.67. The molecule has 0 unspecified atom stereocenters. The minimum absolute atomic E-state index is 0.0311. The van der Waals surface area contributed by atoms with Crippen LogP contribution in [0, 0.1) is 0 Å². The van der Waals surface area contributed by atoms with Crippen molar-refractivity contribution in [2.45, 2.75) is 32.6 Å². The average Bonchev–Trinajstić information content (AvgIpc) is 2.38. The van der Waals surface area contributed by atoms with Gasteiger partial charge in [-0.15, -0.1) is 0 Å². The fraction of sp³-hybridized carbons (Fsp3) is 0.312. The van der Waals surface area contributed by atoms with Crippen molar-refractivity contribution in [3.05, 3.63) is 53.9 Å². The summed E-state index contributed by atoms with van der Waals surface area (Å²) in [4.78, 5) is 4.36. The molecular weight excluding hydrogens is 244 g/mol. The van der Waals surface area contributed by atoms with Crippen LogP contribution in [0.1, 0.15) is 37.9 Å². The molecule has 0 spiro atoms. The van der Waals surface area contributed by atoms with E-state index in [1.54, 1.807) is 18.3 Å². The first kappa shape index (κ1) is 13.7. The van der Waals surface area contributed by atoms with E-state index >= 15 is 0 Å². The zero-order valence-electron chi connectivity index (χ0n) is 11.3. The second-order valence-corrected chi connectivity index (χ2v) is 5.06. The predicted octanol–water partition coefficient (Wildman–Crippen LogP) is 4.98. The van der Waals surface area contributed by atoms with Crippen molar-refractivity contribution in [2.24, 2.45) is 0 Å². The third kappa shape index (κ3) is 2.98. The van der Waals surface area contributed by atoms with Crippen molar-refractivity contribution in [1.29, 1.82) is 0 Å². The molecule has 0 amide bonds. The lowest BCUT2D eigenvalue weighted by Gasteiger charge is -2.15. The van der Waals surface area contributed by atoms with Gasteiger partial charge in [-0.25, -0.2) is 8.78 Å². The summed E-state index contributed by atoms with van der Waals surface area (Å²) in [5, 5.41) is 0. The summed E-state index contributed by atoms with van der Waals surface area (Å²) < 4.78 is 26.8. The highest BCUT2D eigenvalue weighted by Crippen LogP contribution is 2.32. The number of benzene rings is 1. The van der Waals surface area contributed by atoms with Gasteiger partial charge in [0.05, 0.1) is 5.69 Å². The topological polar surface area (TPSA) is 12.9 Å². The molecule has 2 aromatic rings. The molecule has 1 nitrogen and oxygen atoms in total. The van der Waals surface area contributed by atoms with Gasteiger partial charge in [0.1, 0.15) is 0 Å². The summed E-state index contributed by atoms with van der Waals surface area (Å²) in [5.41, 5.74) is 2.67. The van der Waals surface area contributed by atoms with Crippen LogP contribution in [0.2, 0.25) is 0 Å². The van der Waals surface area contributed by atoms with Gasteiger partial charge < -0.3 is 0 Å². The molecule has 0 aliphatic heterocycles. The molecule has 0 aliphatic carbocycles. The smallest absolute Gasteiger partial charge is 0.260 e. The Labute approximate surface area is 112 Å². The Morgan fingerprint density at radius 2 is 1.84 bits per heavy atom. The van der Waals surface area contributed by atoms with Gasteiger partial charge in [-0.05, 0) is 23.6 Å². The minimum Gasteiger partial charge on any atom is -0.260 e. The molecule has 1 aromatic carbocycles. The molecule has 0 N–H and O–H groups in total.